The lowest BCUT2D eigenvalue weighted by Gasteiger charge is -2.16. The third-order valence-corrected chi connectivity index (χ3v) is 4.46. The molecule has 116 valence electrons. The number of carbonyl (C=O) groups excluding carboxylic acids is 1. The van der Waals surface area contributed by atoms with Gasteiger partial charge in [0, 0.05) is 11.7 Å². The van der Waals surface area contributed by atoms with Crippen LogP contribution in [0.15, 0.2) is 24.3 Å². The highest BCUT2D eigenvalue weighted by Crippen LogP contribution is 2.25. The van der Waals surface area contributed by atoms with Gasteiger partial charge in [-0.25, -0.2) is 4.79 Å². The Labute approximate surface area is 128 Å². The number of anilines is 1. The van der Waals surface area contributed by atoms with Crippen molar-refractivity contribution in [1.82, 2.24) is 5.32 Å². The van der Waals surface area contributed by atoms with Crippen LogP contribution in [0.3, 0.4) is 0 Å². The molecule has 2 rings (SSSR count). The zero-order valence-electron chi connectivity index (χ0n) is 13.3. The molecule has 1 atom stereocenters. The summed E-state index contributed by atoms with van der Waals surface area (Å²) in [7, 11) is 0. The molecule has 0 bridgehead atoms. The van der Waals surface area contributed by atoms with Gasteiger partial charge in [0.05, 0.1) is 0 Å². The SMILES string of the molecule is CCCC(CC)c1ccc(NC(=O)NC2CCCC2)cc1. The van der Waals surface area contributed by atoms with Crippen molar-refractivity contribution >= 4 is 11.7 Å². The monoisotopic (exact) mass is 288 g/mol. The van der Waals surface area contributed by atoms with Gasteiger partial charge in [-0.05, 0) is 49.3 Å². The predicted octanol–water partition coefficient (Wildman–Crippen LogP) is 5.04. The molecule has 2 N–H and O–H groups in total. The molecule has 1 aliphatic carbocycles. The number of amides is 2. The van der Waals surface area contributed by atoms with Gasteiger partial charge in [0.25, 0.3) is 0 Å². The van der Waals surface area contributed by atoms with E-state index in [0.717, 1.165) is 18.5 Å². The maximum Gasteiger partial charge on any atom is 0.319 e. The fourth-order valence-corrected chi connectivity index (χ4v) is 3.22. The van der Waals surface area contributed by atoms with E-state index in [2.05, 4.69) is 36.6 Å². The van der Waals surface area contributed by atoms with Crippen LogP contribution in [0.25, 0.3) is 0 Å². The highest BCUT2D eigenvalue weighted by atomic mass is 16.2. The summed E-state index contributed by atoms with van der Waals surface area (Å²) < 4.78 is 0. The van der Waals surface area contributed by atoms with Crippen LogP contribution >= 0.6 is 0 Å². The molecule has 0 aliphatic heterocycles. The summed E-state index contributed by atoms with van der Waals surface area (Å²) >= 11 is 0. The fraction of sp³-hybridized carbons (Fsp3) is 0.611. The van der Waals surface area contributed by atoms with Crippen molar-refractivity contribution < 1.29 is 4.79 Å². The first-order valence-corrected chi connectivity index (χ1v) is 8.40. The molecular formula is C18H28N2O. The van der Waals surface area contributed by atoms with E-state index in [4.69, 9.17) is 0 Å². The molecule has 0 aromatic heterocycles. The fourth-order valence-electron chi connectivity index (χ4n) is 3.22. The first-order chi connectivity index (χ1) is 10.2. The topological polar surface area (TPSA) is 41.1 Å². The minimum absolute atomic E-state index is 0.0738. The maximum absolute atomic E-state index is 11.9. The molecule has 1 aliphatic rings. The van der Waals surface area contributed by atoms with E-state index in [-0.39, 0.29) is 6.03 Å². The highest BCUT2D eigenvalue weighted by molar-refractivity contribution is 5.89. The van der Waals surface area contributed by atoms with Gasteiger partial charge in [-0.1, -0.05) is 45.2 Å². The second-order valence-electron chi connectivity index (χ2n) is 6.10. The van der Waals surface area contributed by atoms with Gasteiger partial charge in [-0.2, -0.15) is 0 Å². The largest absolute Gasteiger partial charge is 0.335 e. The van der Waals surface area contributed by atoms with E-state index in [1.807, 2.05) is 12.1 Å². The summed E-state index contributed by atoms with van der Waals surface area (Å²) in [5.74, 6) is 0.636. The Morgan fingerprint density at radius 1 is 1.19 bits per heavy atom. The Balaban J connectivity index is 1.87. The lowest BCUT2D eigenvalue weighted by molar-refractivity contribution is 0.248. The van der Waals surface area contributed by atoms with Crippen molar-refractivity contribution in [3.8, 4) is 0 Å². The van der Waals surface area contributed by atoms with Gasteiger partial charge in [-0.15, -0.1) is 0 Å². The number of hydrogen-bond donors (Lipinski definition) is 2. The average molecular weight is 288 g/mol. The van der Waals surface area contributed by atoms with Crippen molar-refractivity contribution in [3.63, 3.8) is 0 Å². The van der Waals surface area contributed by atoms with Crippen LogP contribution in [0, 0.1) is 0 Å². The Morgan fingerprint density at radius 2 is 1.86 bits per heavy atom. The minimum atomic E-state index is -0.0738. The number of carbonyl (C=O) groups is 1. The number of hydrogen-bond acceptors (Lipinski definition) is 1. The summed E-state index contributed by atoms with van der Waals surface area (Å²) in [5.41, 5.74) is 2.25. The van der Waals surface area contributed by atoms with Crippen LogP contribution in [0.1, 0.15) is 70.3 Å². The first kappa shape index (κ1) is 15.9. The van der Waals surface area contributed by atoms with Gasteiger partial charge in [-0.3, -0.25) is 0 Å². The average Bonchev–Trinajstić information content (AvgIpc) is 2.98. The molecule has 0 heterocycles. The van der Waals surface area contributed by atoms with E-state index in [1.165, 1.54) is 37.7 Å². The molecule has 0 radical (unpaired) electrons. The molecule has 1 saturated carbocycles. The van der Waals surface area contributed by atoms with Crippen LogP contribution < -0.4 is 10.6 Å². The molecule has 2 amide bonds. The molecule has 3 heteroatoms. The van der Waals surface area contributed by atoms with Crippen LogP contribution in [-0.2, 0) is 0 Å². The lowest BCUT2D eigenvalue weighted by atomic mass is 9.92. The quantitative estimate of drug-likeness (QED) is 0.756. The second kappa shape index (κ2) is 8.06. The van der Waals surface area contributed by atoms with Crippen molar-refractivity contribution in [3.05, 3.63) is 29.8 Å². The Bertz CT molecular complexity index is 435. The number of rotatable bonds is 6. The van der Waals surface area contributed by atoms with Crippen molar-refractivity contribution in [1.29, 1.82) is 0 Å². The van der Waals surface area contributed by atoms with Crippen LogP contribution in [0.4, 0.5) is 10.5 Å². The summed E-state index contributed by atoms with van der Waals surface area (Å²) in [5, 5.41) is 5.98. The van der Waals surface area contributed by atoms with Gasteiger partial charge < -0.3 is 10.6 Å². The van der Waals surface area contributed by atoms with Gasteiger partial charge >= 0.3 is 6.03 Å². The van der Waals surface area contributed by atoms with Crippen molar-refractivity contribution in [2.24, 2.45) is 0 Å². The molecule has 21 heavy (non-hydrogen) atoms. The van der Waals surface area contributed by atoms with Crippen molar-refractivity contribution in [2.45, 2.75) is 70.8 Å². The van der Waals surface area contributed by atoms with Crippen LogP contribution in [0.5, 0.6) is 0 Å². The molecule has 1 unspecified atom stereocenters. The van der Waals surface area contributed by atoms with Gasteiger partial charge in [0.2, 0.25) is 0 Å². The Kier molecular flexibility index (Phi) is 6.09. The van der Waals surface area contributed by atoms with Crippen LogP contribution in [-0.4, -0.2) is 12.1 Å². The van der Waals surface area contributed by atoms with E-state index >= 15 is 0 Å². The smallest absolute Gasteiger partial charge is 0.319 e. The standard InChI is InChI=1S/C18H28N2O/c1-3-7-14(4-2)15-10-12-17(13-11-15)20-18(21)19-16-8-5-6-9-16/h10-14,16H,3-9H2,1-2H3,(H2,19,20,21). The van der Waals surface area contributed by atoms with E-state index in [0.29, 0.717) is 12.0 Å². The molecule has 3 nitrogen and oxygen atoms in total. The predicted molar refractivity (Wildman–Crippen MR) is 88.8 cm³/mol. The van der Waals surface area contributed by atoms with E-state index < -0.39 is 0 Å². The third-order valence-electron chi connectivity index (χ3n) is 4.46. The summed E-state index contributed by atoms with van der Waals surface area (Å²) in [6, 6.07) is 8.61. The van der Waals surface area contributed by atoms with Gasteiger partial charge in [0.15, 0.2) is 0 Å². The number of urea groups is 1. The Morgan fingerprint density at radius 3 is 2.43 bits per heavy atom. The molecule has 1 aromatic carbocycles. The molecular weight excluding hydrogens is 260 g/mol. The summed E-state index contributed by atoms with van der Waals surface area (Å²) in [6.45, 7) is 4.47. The normalized spacial score (nSPS) is 16.7. The number of benzene rings is 1. The molecule has 1 aromatic rings. The first-order valence-electron chi connectivity index (χ1n) is 8.40. The Hall–Kier alpha value is -1.51. The van der Waals surface area contributed by atoms with Crippen molar-refractivity contribution in [2.75, 3.05) is 5.32 Å². The summed E-state index contributed by atoms with van der Waals surface area (Å²) in [4.78, 5) is 11.9. The van der Waals surface area contributed by atoms with E-state index in [9.17, 15) is 4.79 Å². The highest BCUT2D eigenvalue weighted by Gasteiger charge is 2.17. The number of nitrogens with one attached hydrogen (secondary N) is 2. The van der Waals surface area contributed by atoms with Crippen LogP contribution in [0.2, 0.25) is 0 Å². The zero-order valence-corrected chi connectivity index (χ0v) is 13.3. The molecule has 0 saturated heterocycles. The summed E-state index contributed by atoms with van der Waals surface area (Å²) in [6.07, 6.45) is 8.30. The van der Waals surface area contributed by atoms with E-state index in [1.54, 1.807) is 0 Å². The lowest BCUT2D eigenvalue weighted by Crippen LogP contribution is -2.36. The third kappa shape index (κ3) is 4.76. The van der Waals surface area contributed by atoms with Gasteiger partial charge in [0.1, 0.15) is 0 Å². The molecule has 1 fully saturated rings. The zero-order chi connectivity index (χ0) is 15.1. The second-order valence-corrected chi connectivity index (χ2v) is 6.10. The maximum atomic E-state index is 11.9. The molecule has 0 spiro atoms. The minimum Gasteiger partial charge on any atom is -0.335 e.